The zero-order valence-corrected chi connectivity index (χ0v) is 12.8. The van der Waals surface area contributed by atoms with E-state index in [2.05, 4.69) is 10.3 Å². The average Bonchev–Trinajstić information content (AvgIpc) is 2.40. The summed E-state index contributed by atoms with van der Waals surface area (Å²) in [6.45, 7) is 7.42. The lowest BCUT2D eigenvalue weighted by molar-refractivity contribution is 0.0635. The number of amides is 1. The van der Waals surface area contributed by atoms with Gasteiger partial charge in [-0.15, -0.1) is 0 Å². The lowest BCUT2D eigenvalue weighted by Gasteiger charge is -2.20. The number of rotatable bonds is 2. The van der Waals surface area contributed by atoms with Gasteiger partial charge < -0.3 is 4.74 Å². The highest BCUT2D eigenvalue weighted by Crippen LogP contribution is 2.22. The van der Waals surface area contributed by atoms with Gasteiger partial charge in [-0.1, -0.05) is 30.3 Å². The first kappa shape index (κ1) is 15.0. The van der Waals surface area contributed by atoms with Crippen molar-refractivity contribution in [3.8, 4) is 11.3 Å². The maximum absolute atomic E-state index is 11.8. The summed E-state index contributed by atoms with van der Waals surface area (Å²) in [4.78, 5) is 16.2. The molecule has 1 aromatic carbocycles. The van der Waals surface area contributed by atoms with Gasteiger partial charge in [-0.05, 0) is 39.3 Å². The van der Waals surface area contributed by atoms with E-state index in [1.165, 1.54) is 0 Å². The quantitative estimate of drug-likeness (QED) is 0.889. The fourth-order valence-corrected chi connectivity index (χ4v) is 1.87. The molecule has 110 valence electrons. The van der Waals surface area contributed by atoms with Crippen molar-refractivity contribution < 1.29 is 9.53 Å². The molecule has 0 aliphatic carbocycles. The van der Waals surface area contributed by atoms with Crippen LogP contribution in [-0.2, 0) is 4.74 Å². The minimum Gasteiger partial charge on any atom is -0.444 e. The molecule has 0 unspecified atom stereocenters. The highest BCUT2D eigenvalue weighted by Gasteiger charge is 2.17. The molecule has 2 rings (SSSR count). The highest BCUT2D eigenvalue weighted by atomic mass is 16.6. The molecule has 4 heteroatoms. The van der Waals surface area contributed by atoms with Crippen LogP contribution in [0.4, 0.5) is 10.5 Å². The van der Waals surface area contributed by atoms with Crippen molar-refractivity contribution >= 4 is 11.8 Å². The molecular formula is C17H20N2O2. The van der Waals surface area contributed by atoms with Crippen molar-refractivity contribution in [2.24, 2.45) is 0 Å². The number of aryl methyl sites for hydroxylation is 1. The third-order valence-corrected chi connectivity index (χ3v) is 2.82. The van der Waals surface area contributed by atoms with E-state index < -0.39 is 11.7 Å². The number of pyridine rings is 1. The largest absolute Gasteiger partial charge is 0.444 e. The first-order chi connectivity index (χ1) is 9.85. The zero-order chi connectivity index (χ0) is 15.5. The van der Waals surface area contributed by atoms with Crippen LogP contribution in [0.25, 0.3) is 11.3 Å². The van der Waals surface area contributed by atoms with Crippen LogP contribution in [0.5, 0.6) is 0 Å². The molecule has 1 N–H and O–H groups in total. The molecule has 0 aliphatic heterocycles. The molecule has 0 aliphatic rings. The Bertz CT molecular complexity index is 631. The smallest absolute Gasteiger partial charge is 0.412 e. The lowest BCUT2D eigenvalue weighted by atomic mass is 10.1. The summed E-state index contributed by atoms with van der Waals surface area (Å²) >= 11 is 0. The Morgan fingerprint density at radius 2 is 1.86 bits per heavy atom. The van der Waals surface area contributed by atoms with Crippen molar-refractivity contribution in [1.82, 2.24) is 4.98 Å². The highest BCUT2D eigenvalue weighted by molar-refractivity contribution is 5.86. The van der Waals surface area contributed by atoms with Crippen molar-refractivity contribution in [2.75, 3.05) is 5.32 Å². The maximum Gasteiger partial charge on any atom is 0.412 e. The minimum absolute atomic E-state index is 0.472. The molecule has 1 aromatic heterocycles. The van der Waals surface area contributed by atoms with Crippen LogP contribution in [0.1, 0.15) is 26.3 Å². The number of carbonyl (C=O) groups is 1. The molecule has 0 fully saturated rings. The Morgan fingerprint density at radius 3 is 2.43 bits per heavy atom. The molecule has 1 amide bonds. The fourth-order valence-electron chi connectivity index (χ4n) is 1.87. The Kier molecular flexibility index (Phi) is 4.26. The van der Waals surface area contributed by atoms with Crippen molar-refractivity contribution in [1.29, 1.82) is 0 Å². The van der Waals surface area contributed by atoms with E-state index in [0.717, 1.165) is 16.8 Å². The van der Waals surface area contributed by atoms with E-state index in [-0.39, 0.29) is 0 Å². The number of hydrogen-bond acceptors (Lipinski definition) is 3. The van der Waals surface area contributed by atoms with E-state index in [9.17, 15) is 4.79 Å². The molecule has 0 spiro atoms. The third-order valence-electron chi connectivity index (χ3n) is 2.82. The van der Waals surface area contributed by atoms with Crippen LogP contribution in [0.3, 0.4) is 0 Å². The van der Waals surface area contributed by atoms with Crippen LogP contribution < -0.4 is 5.32 Å². The standard InChI is InChI=1S/C17H20N2O2/c1-12-10-14(13-8-6-5-7-9-13)18-11-15(12)19-16(20)21-17(2,3)4/h5-11H,1-4H3,(H,19,20). The summed E-state index contributed by atoms with van der Waals surface area (Å²) in [5.41, 5.74) is 3.00. The molecule has 2 aromatic rings. The van der Waals surface area contributed by atoms with Gasteiger partial charge in [0.15, 0.2) is 0 Å². The van der Waals surface area contributed by atoms with Gasteiger partial charge in [0.1, 0.15) is 5.60 Å². The molecule has 4 nitrogen and oxygen atoms in total. The van der Waals surface area contributed by atoms with Crippen LogP contribution in [0, 0.1) is 6.92 Å². The topological polar surface area (TPSA) is 51.2 Å². The molecule has 0 bridgehead atoms. The Labute approximate surface area is 125 Å². The van der Waals surface area contributed by atoms with Gasteiger partial charge in [0.25, 0.3) is 0 Å². The van der Waals surface area contributed by atoms with Crippen LogP contribution in [0.2, 0.25) is 0 Å². The first-order valence-electron chi connectivity index (χ1n) is 6.87. The number of ether oxygens (including phenoxy) is 1. The summed E-state index contributed by atoms with van der Waals surface area (Å²) in [7, 11) is 0. The number of anilines is 1. The fraction of sp³-hybridized carbons (Fsp3) is 0.294. The zero-order valence-electron chi connectivity index (χ0n) is 12.8. The number of benzene rings is 1. The second-order valence-electron chi connectivity index (χ2n) is 5.88. The van der Waals surface area contributed by atoms with E-state index in [1.54, 1.807) is 6.20 Å². The Balaban J connectivity index is 2.15. The number of hydrogen-bond donors (Lipinski definition) is 1. The number of aromatic nitrogens is 1. The number of nitrogens with one attached hydrogen (secondary N) is 1. The van der Waals surface area contributed by atoms with Crippen LogP contribution in [0.15, 0.2) is 42.6 Å². The SMILES string of the molecule is Cc1cc(-c2ccccc2)ncc1NC(=O)OC(C)(C)C. The normalized spacial score (nSPS) is 11.0. The average molecular weight is 284 g/mol. The van der Waals surface area contributed by atoms with E-state index >= 15 is 0 Å². The summed E-state index contributed by atoms with van der Waals surface area (Å²) in [6.07, 6.45) is 1.18. The second kappa shape index (κ2) is 5.95. The lowest BCUT2D eigenvalue weighted by Crippen LogP contribution is -2.27. The van der Waals surface area contributed by atoms with Gasteiger partial charge in [-0.3, -0.25) is 10.3 Å². The van der Waals surface area contributed by atoms with E-state index in [0.29, 0.717) is 5.69 Å². The summed E-state index contributed by atoms with van der Waals surface area (Å²) in [5, 5.41) is 2.72. The third kappa shape index (κ3) is 4.31. The van der Waals surface area contributed by atoms with Gasteiger partial charge in [0, 0.05) is 5.56 Å². The maximum atomic E-state index is 11.8. The first-order valence-corrected chi connectivity index (χ1v) is 6.87. The molecule has 0 radical (unpaired) electrons. The van der Waals surface area contributed by atoms with Crippen LogP contribution in [-0.4, -0.2) is 16.7 Å². The predicted octanol–water partition coefficient (Wildman–Crippen LogP) is 4.40. The molecule has 21 heavy (non-hydrogen) atoms. The van der Waals surface area contributed by atoms with Crippen molar-refractivity contribution in [3.05, 3.63) is 48.2 Å². The Hall–Kier alpha value is -2.36. The number of carbonyl (C=O) groups excluding carboxylic acids is 1. The van der Waals surface area contributed by atoms with Crippen molar-refractivity contribution in [3.63, 3.8) is 0 Å². The second-order valence-corrected chi connectivity index (χ2v) is 5.88. The van der Waals surface area contributed by atoms with Gasteiger partial charge in [-0.25, -0.2) is 4.79 Å². The van der Waals surface area contributed by atoms with Gasteiger partial charge >= 0.3 is 6.09 Å². The molecular weight excluding hydrogens is 264 g/mol. The Morgan fingerprint density at radius 1 is 1.19 bits per heavy atom. The van der Waals surface area contributed by atoms with E-state index in [4.69, 9.17) is 4.74 Å². The number of nitrogens with zero attached hydrogens (tertiary/aromatic N) is 1. The summed E-state index contributed by atoms with van der Waals surface area (Å²) < 4.78 is 5.23. The molecule has 0 atom stereocenters. The van der Waals surface area contributed by atoms with Crippen molar-refractivity contribution in [2.45, 2.75) is 33.3 Å². The molecule has 1 heterocycles. The minimum atomic E-state index is -0.518. The molecule has 0 saturated carbocycles. The van der Waals surface area contributed by atoms with Gasteiger partial charge in [0.05, 0.1) is 17.6 Å². The monoisotopic (exact) mass is 284 g/mol. The van der Waals surface area contributed by atoms with Crippen LogP contribution >= 0.6 is 0 Å². The molecule has 0 saturated heterocycles. The van der Waals surface area contributed by atoms with Gasteiger partial charge in [0.2, 0.25) is 0 Å². The predicted molar refractivity (Wildman–Crippen MR) is 84.3 cm³/mol. The van der Waals surface area contributed by atoms with E-state index in [1.807, 2.05) is 64.1 Å². The summed E-state index contributed by atoms with van der Waals surface area (Å²) in [5.74, 6) is 0. The summed E-state index contributed by atoms with van der Waals surface area (Å²) in [6, 6.07) is 11.9. The van der Waals surface area contributed by atoms with Gasteiger partial charge in [-0.2, -0.15) is 0 Å².